The van der Waals surface area contributed by atoms with Crippen LogP contribution >= 0.6 is 0 Å². The minimum Gasteiger partial charge on any atom is -0.462 e. The van der Waals surface area contributed by atoms with Crippen molar-refractivity contribution in [2.24, 2.45) is 11.8 Å². The third kappa shape index (κ3) is 4.51. The molecule has 2 fully saturated rings. The number of hydrogen-bond acceptors (Lipinski definition) is 6. The average Bonchev–Trinajstić information content (AvgIpc) is 2.64. The summed E-state index contributed by atoms with van der Waals surface area (Å²) in [4.78, 5) is 11.4. The number of aliphatic hydroxyl groups excluding tert-OH is 1. The summed E-state index contributed by atoms with van der Waals surface area (Å²) in [6.45, 7) is 6.59. The van der Waals surface area contributed by atoms with Gasteiger partial charge >= 0.3 is 5.97 Å². The molecule has 2 heterocycles. The number of carbonyl (C=O) groups is 1. The molecular weight excluding hydrogens is 348 g/mol. The van der Waals surface area contributed by atoms with E-state index < -0.39 is 11.9 Å². The number of ether oxygens (including phenoxy) is 4. The number of hydrogen-bond donors (Lipinski definition) is 1. The summed E-state index contributed by atoms with van der Waals surface area (Å²) in [5.74, 6) is -1.69. The van der Waals surface area contributed by atoms with Crippen molar-refractivity contribution in [3.8, 4) is 0 Å². The topological polar surface area (TPSA) is 74.2 Å². The summed E-state index contributed by atoms with van der Waals surface area (Å²) in [6, 6.07) is 9.94. The maximum absolute atomic E-state index is 11.4. The number of aliphatic hydroxyl groups is 1. The Morgan fingerprint density at radius 3 is 2.70 bits per heavy atom. The maximum atomic E-state index is 11.4. The molecule has 1 aromatic carbocycles. The van der Waals surface area contributed by atoms with Crippen molar-refractivity contribution < 1.29 is 28.8 Å². The molecule has 6 nitrogen and oxygen atoms in total. The van der Waals surface area contributed by atoms with Gasteiger partial charge in [-0.05, 0) is 5.56 Å². The molecule has 1 N–H and O–H groups in total. The lowest BCUT2D eigenvalue weighted by Crippen LogP contribution is -2.63. The van der Waals surface area contributed by atoms with E-state index in [9.17, 15) is 9.90 Å². The highest BCUT2D eigenvalue weighted by Crippen LogP contribution is 2.45. The Morgan fingerprint density at radius 2 is 2.00 bits per heavy atom. The fourth-order valence-corrected chi connectivity index (χ4v) is 4.18. The highest BCUT2D eigenvalue weighted by Gasteiger charge is 2.56. The smallest absolute Gasteiger partial charge is 0.302 e. The molecular formula is C21H30O6. The van der Waals surface area contributed by atoms with E-state index in [0.29, 0.717) is 32.7 Å². The molecule has 2 saturated heterocycles. The van der Waals surface area contributed by atoms with Crippen LogP contribution in [-0.4, -0.2) is 48.4 Å². The molecule has 0 amide bonds. The van der Waals surface area contributed by atoms with Crippen molar-refractivity contribution in [1.29, 1.82) is 0 Å². The van der Waals surface area contributed by atoms with Crippen LogP contribution in [0.1, 0.15) is 39.2 Å². The van der Waals surface area contributed by atoms with E-state index in [0.717, 1.165) is 5.56 Å². The zero-order chi connectivity index (χ0) is 19.4. The molecule has 0 unspecified atom stereocenters. The number of benzene rings is 1. The molecule has 0 aromatic heterocycles. The first-order valence-electron chi connectivity index (χ1n) is 9.71. The van der Waals surface area contributed by atoms with Crippen molar-refractivity contribution in [3.05, 3.63) is 35.9 Å². The number of esters is 1. The standard InChI is InChI=1S/C21H30O6/c1-14-19(23)11-18(13-24-12-17-7-5-4-6-8-17)27-21(14)15(2)20(9-10-25-21)26-16(3)22/h4-8,14-15,18-20,23H,9-13H2,1-3H3/t14-,15+,18+,19+,20-,21-/m0/s1. The Balaban J connectivity index is 1.66. The van der Waals surface area contributed by atoms with Gasteiger partial charge in [0.05, 0.1) is 32.0 Å². The first kappa shape index (κ1) is 20.3. The Hall–Kier alpha value is -1.47. The van der Waals surface area contributed by atoms with Gasteiger partial charge in [-0.2, -0.15) is 0 Å². The van der Waals surface area contributed by atoms with Gasteiger partial charge in [-0.15, -0.1) is 0 Å². The normalized spacial score (nSPS) is 36.5. The van der Waals surface area contributed by atoms with Gasteiger partial charge in [-0.25, -0.2) is 0 Å². The predicted octanol–water partition coefficient (Wildman–Crippen LogP) is 2.67. The summed E-state index contributed by atoms with van der Waals surface area (Å²) in [7, 11) is 0. The summed E-state index contributed by atoms with van der Waals surface area (Å²) in [5.41, 5.74) is 1.09. The lowest BCUT2D eigenvalue weighted by Gasteiger charge is -2.53. The van der Waals surface area contributed by atoms with Crippen molar-refractivity contribution in [2.45, 2.75) is 64.3 Å². The van der Waals surface area contributed by atoms with Gasteiger partial charge in [-0.3, -0.25) is 4.79 Å². The molecule has 1 aromatic rings. The molecule has 0 saturated carbocycles. The quantitative estimate of drug-likeness (QED) is 0.794. The zero-order valence-electron chi connectivity index (χ0n) is 16.3. The summed E-state index contributed by atoms with van der Waals surface area (Å²) >= 11 is 0. The summed E-state index contributed by atoms with van der Waals surface area (Å²) in [5, 5.41) is 10.6. The van der Waals surface area contributed by atoms with E-state index in [-0.39, 0.29) is 30.0 Å². The molecule has 0 radical (unpaired) electrons. The van der Waals surface area contributed by atoms with Gasteiger partial charge in [0, 0.05) is 31.6 Å². The molecule has 6 heteroatoms. The van der Waals surface area contributed by atoms with Gasteiger partial charge in [0.1, 0.15) is 6.10 Å². The maximum Gasteiger partial charge on any atom is 0.302 e. The Kier molecular flexibility index (Phi) is 6.52. The van der Waals surface area contributed by atoms with Crippen LogP contribution in [0.5, 0.6) is 0 Å². The largest absolute Gasteiger partial charge is 0.462 e. The molecule has 1 spiro atoms. The molecule has 6 atom stereocenters. The van der Waals surface area contributed by atoms with E-state index in [4.69, 9.17) is 18.9 Å². The van der Waals surface area contributed by atoms with Crippen LogP contribution in [0.4, 0.5) is 0 Å². The SMILES string of the molecule is CC(=O)O[C@H]1CCO[C@@]2(O[C@@H](COCc3ccccc3)C[C@@H](O)[C@@H]2C)[C@@H]1C. The first-order chi connectivity index (χ1) is 12.9. The highest BCUT2D eigenvalue weighted by atomic mass is 16.7. The van der Waals surface area contributed by atoms with Crippen LogP contribution in [0.2, 0.25) is 0 Å². The van der Waals surface area contributed by atoms with Crippen molar-refractivity contribution >= 4 is 5.97 Å². The van der Waals surface area contributed by atoms with Crippen molar-refractivity contribution in [2.75, 3.05) is 13.2 Å². The molecule has 0 bridgehead atoms. The van der Waals surface area contributed by atoms with E-state index in [1.54, 1.807) is 0 Å². The summed E-state index contributed by atoms with van der Waals surface area (Å²) < 4.78 is 23.7. The zero-order valence-corrected chi connectivity index (χ0v) is 16.3. The van der Waals surface area contributed by atoms with E-state index in [1.165, 1.54) is 6.92 Å². The second kappa shape index (κ2) is 8.69. The van der Waals surface area contributed by atoms with Crippen LogP contribution in [0.3, 0.4) is 0 Å². The minimum atomic E-state index is -0.975. The third-order valence-corrected chi connectivity index (χ3v) is 5.72. The van der Waals surface area contributed by atoms with Crippen LogP contribution in [0, 0.1) is 11.8 Å². The third-order valence-electron chi connectivity index (χ3n) is 5.72. The summed E-state index contributed by atoms with van der Waals surface area (Å²) in [6.07, 6.45) is -0.00787. The Morgan fingerprint density at radius 1 is 1.26 bits per heavy atom. The lowest BCUT2D eigenvalue weighted by atomic mass is 9.76. The van der Waals surface area contributed by atoms with Gasteiger partial charge in [0.25, 0.3) is 0 Å². The molecule has 150 valence electrons. The van der Waals surface area contributed by atoms with Crippen LogP contribution in [0.15, 0.2) is 30.3 Å². The van der Waals surface area contributed by atoms with E-state index >= 15 is 0 Å². The molecule has 0 aliphatic carbocycles. The number of carbonyl (C=O) groups excluding carboxylic acids is 1. The Labute approximate surface area is 160 Å². The fraction of sp³-hybridized carbons (Fsp3) is 0.667. The molecule has 3 rings (SSSR count). The monoisotopic (exact) mass is 378 g/mol. The van der Waals surface area contributed by atoms with Crippen LogP contribution in [-0.2, 0) is 30.3 Å². The predicted molar refractivity (Wildman–Crippen MR) is 98.8 cm³/mol. The fourth-order valence-electron chi connectivity index (χ4n) is 4.18. The number of rotatable bonds is 5. The van der Waals surface area contributed by atoms with Crippen LogP contribution in [0.25, 0.3) is 0 Å². The van der Waals surface area contributed by atoms with E-state index in [2.05, 4.69) is 0 Å². The Bertz CT molecular complexity index is 620. The van der Waals surface area contributed by atoms with Gasteiger partial charge < -0.3 is 24.1 Å². The van der Waals surface area contributed by atoms with Crippen LogP contribution < -0.4 is 0 Å². The second-order valence-electron chi connectivity index (χ2n) is 7.63. The van der Waals surface area contributed by atoms with E-state index in [1.807, 2.05) is 44.2 Å². The molecule has 2 aliphatic heterocycles. The molecule has 2 aliphatic rings. The van der Waals surface area contributed by atoms with Gasteiger partial charge in [0.15, 0.2) is 5.79 Å². The lowest BCUT2D eigenvalue weighted by molar-refractivity contribution is -0.371. The second-order valence-corrected chi connectivity index (χ2v) is 7.63. The van der Waals surface area contributed by atoms with Crippen molar-refractivity contribution in [1.82, 2.24) is 0 Å². The van der Waals surface area contributed by atoms with Crippen molar-refractivity contribution in [3.63, 3.8) is 0 Å². The van der Waals surface area contributed by atoms with Gasteiger partial charge in [0.2, 0.25) is 0 Å². The molecule has 27 heavy (non-hydrogen) atoms. The van der Waals surface area contributed by atoms with Gasteiger partial charge in [-0.1, -0.05) is 44.2 Å². The average molecular weight is 378 g/mol. The first-order valence-corrected chi connectivity index (χ1v) is 9.71. The highest BCUT2D eigenvalue weighted by molar-refractivity contribution is 5.66. The minimum absolute atomic E-state index is 0.184.